The van der Waals surface area contributed by atoms with Gasteiger partial charge in [-0.2, -0.15) is 0 Å². The molecule has 2 atom stereocenters. The van der Waals surface area contributed by atoms with Crippen molar-refractivity contribution in [1.29, 1.82) is 0 Å². The number of ether oxygens (including phenoxy) is 2. The van der Waals surface area contributed by atoms with E-state index in [0.29, 0.717) is 24.3 Å². The van der Waals surface area contributed by atoms with Crippen LogP contribution in [0, 0.1) is 11.8 Å². The predicted octanol–water partition coefficient (Wildman–Crippen LogP) is 5.75. The van der Waals surface area contributed by atoms with Crippen LogP contribution < -0.4 is 19.7 Å². The fraction of sp³-hybridized carbons (Fsp3) is 0.444. The average Bonchev–Trinajstić information content (AvgIpc) is 3.01. The smallest absolute Gasteiger partial charge is 0.545 e. The van der Waals surface area contributed by atoms with Crippen LogP contribution in [0.2, 0.25) is 0 Å². The molecule has 0 spiro atoms. The second kappa shape index (κ2) is 25.0. The summed E-state index contributed by atoms with van der Waals surface area (Å²) < 4.78 is 10.5. The van der Waals surface area contributed by atoms with Crippen LogP contribution in [0.15, 0.2) is 84.0 Å². The molecule has 2 aromatic carbocycles. The van der Waals surface area contributed by atoms with Gasteiger partial charge in [-0.15, -0.1) is 0 Å². The Labute approximate surface area is 288 Å². The van der Waals surface area contributed by atoms with Crippen molar-refractivity contribution in [1.82, 2.24) is 0 Å². The number of benzene rings is 2. The third-order valence-corrected chi connectivity index (χ3v) is 7.12. The van der Waals surface area contributed by atoms with Gasteiger partial charge in [-0.3, -0.25) is 0 Å². The molecule has 0 aliphatic rings. The van der Waals surface area contributed by atoms with Gasteiger partial charge in [-0.25, -0.2) is 9.59 Å². The van der Waals surface area contributed by atoms with Gasteiger partial charge >= 0.3 is 39.6 Å². The summed E-state index contributed by atoms with van der Waals surface area (Å²) in [5, 5.41) is 21.7. The van der Waals surface area contributed by atoms with Crippen LogP contribution in [0.4, 0.5) is 0 Å². The largest absolute Gasteiger partial charge is 2.00 e. The Balaban J connectivity index is 0.000000842. The molecule has 0 fully saturated rings. The van der Waals surface area contributed by atoms with Gasteiger partial charge < -0.3 is 29.3 Å². The van der Waals surface area contributed by atoms with Crippen LogP contribution in [0.1, 0.15) is 91.9 Å². The number of carboxylic acids is 2. The Kier molecular flexibility index (Phi) is 23.2. The Morgan fingerprint density at radius 1 is 0.622 bits per heavy atom. The first-order valence-corrected chi connectivity index (χ1v) is 15.5. The third kappa shape index (κ3) is 19.0. The van der Waals surface area contributed by atoms with Crippen molar-refractivity contribution in [3.8, 4) is 11.5 Å². The molecule has 0 amide bonds. The molecule has 2 aromatic rings. The van der Waals surface area contributed by atoms with E-state index in [1.165, 1.54) is 0 Å². The zero-order valence-electron chi connectivity index (χ0n) is 27.1. The van der Waals surface area contributed by atoms with E-state index in [0.717, 1.165) is 63.5 Å². The Morgan fingerprint density at radius 2 is 0.956 bits per heavy atom. The van der Waals surface area contributed by atoms with Crippen molar-refractivity contribution in [3.63, 3.8) is 0 Å². The van der Waals surface area contributed by atoms with Gasteiger partial charge in [0.2, 0.25) is 0 Å². The predicted molar refractivity (Wildman–Crippen MR) is 166 cm³/mol. The molecule has 0 N–H and O–H groups in total. The zero-order valence-corrected chi connectivity index (χ0v) is 32.6. The number of aliphatic carboxylic acids is 2. The van der Waals surface area contributed by atoms with Gasteiger partial charge in [0.1, 0.15) is 11.5 Å². The molecule has 240 valence electrons. The molecule has 2 unspecified atom stereocenters. The summed E-state index contributed by atoms with van der Waals surface area (Å²) in [6.07, 6.45) is 10.5. The Hall–Kier alpha value is -3.26. The zero-order chi connectivity index (χ0) is 32.7. The van der Waals surface area contributed by atoms with Gasteiger partial charge in [0.05, 0.1) is 11.9 Å². The maximum Gasteiger partial charge on any atom is 2.00 e. The molecular formula is C36H46HgO8. The maximum absolute atomic E-state index is 12.2. The molecule has 0 heterocycles. The second-order valence-corrected chi connectivity index (χ2v) is 10.6. The topological polar surface area (TPSA) is 133 Å². The summed E-state index contributed by atoms with van der Waals surface area (Å²) in [5.41, 5.74) is 0.318. The van der Waals surface area contributed by atoms with Crippen LogP contribution >= 0.6 is 0 Å². The standard InChI is InChI=1S/2C18H24O4.Hg/c2*1-3-5-9-14(4-2)12-15(13-17(19)20)18(21)22-16-10-7-6-8-11-16;/h2*6-8,10-11,13-14H,3-5,9,12H2,1-2H3,(H,19,20);/q;;+2/p-2/b2*15-13-;. The SMILES string of the molecule is CCCCC(CC)C/C(=C/C(=O)[O-])C(=O)Oc1ccccc1.CCCCC(CC)C/C(=C/C(=O)[O-])C(=O)Oc1ccccc1.[Hg+2]. The van der Waals surface area contributed by atoms with Crippen LogP contribution in [-0.2, 0) is 46.8 Å². The first-order valence-electron chi connectivity index (χ1n) is 15.5. The summed E-state index contributed by atoms with van der Waals surface area (Å²) in [6, 6.07) is 17.3. The number of para-hydroxylation sites is 2. The molecule has 0 aliphatic heterocycles. The molecule has 0 aromatic heterocycles. The van der Waals surface area contributed by atoms with E-state index < -0.39 is 23.9 Å². The van der Waals surface area contributed by atoms with Crippen LogP contribution in [0.5, 0.6) is 11.5 Å². The third-order valence-electron chi connectivity index (χ3n) is 7.12. The Morgan fingerprint density at radius 3 is 1.22 bits per heavy atom. The van der Waals surface area contributed by atoms with Crippen LogP contribution in [-0.4, -0.2) is 23.9 Å². The summed E-state index contributed by atoms with van der Waals surface area (Å²) in [4.78, 5) is 46.1. The number of carboxylic acid groups (broad SMARTS) is 2. The van der Waals surface area contributed by atoms with Crippen LogP contribution in [0.3, 0.4) is 0 Å². The number of rotatable bonds is 18. The van der Waals surface area contributed by atoms with E-state index in [1.54, 1.807) is 48.5 Å². The molecule has 9 heteroatoms. The minimum Gasteiger partial charge on any atom is -0.545 e. The molecule has 0 bridgehead atoms. The average molecular weight is 807 g/mol. The van der Waals surface area contributed by atoms with Gasteiger partial charge in [-0.1, -0.05) is 115 Å². The molecule has 0 aliphatic carbocycles. The molecule has 0 saturated heterocycles. The molecule has 2 rings (SSSR count). The van der Waals surface area contributed by atoms with Crippen molar-refractivity contribution in [2.24, 2.45) is 11.8 Å². The van der Waals surface area contributed by atoms with Gasteiger partial charge in [0.25, 0.3) is 0 Å². The number of carbonyl (C=O) groups excluding carboxylic acids is 4. The maximum atomic E-state index is 12.2. The molecule has 8 nitrogen and oxygen atoms in total. The molecule has 45 heavy (non-hydrogen) atoms. The minimum absolute atomic E-state index is 0. The van der Waals surface area contributed by atoms with E-state index in [1.807, 2.05) is 26.0 Å². The quantitative estimate of drug-likeness (QED) is 0.0806. The number of esters is 2. The van der Waals surface area contributed by atoms with Gasteiger partial charge in [-0.05, 0) is 61.1 Å². The van der Waals surface area contributed by atoms with Crippen molar-refractivity contribution in [2.75, 3.05) is 0 Å². The number of carbonyl (C=O) groups is 4. The first kappa shape index (κ1) is 41.7. The number of unbranched alkanes of at least 4 members (excludes halogenated alkanes) is 2. The normalized spacial score (nSPS) is 12.4. The minimum atomic E-state index is -1.37. The molecular weight excluding hydrogens is 761 g/mol. The van der Waals surface area contributed by atoms with E-state index in [-0.39, 0.29) is 50.7 Å². The van der Waals surface area contributed by atoms with E-state index >= 15 is 0 Å². The van der Waals surface area contributed by atoms with E-state index in [4.69, 9.17) is 9.47 Å². The molecule has 0 saturated carbocycles. The Bertz CT molecular complexity index is 1110. The van der Waals surface area contributed by atoms with E-state index in [2.05, 4.69) is 13.8 Å². The summed E-state index contributed by atoms with van der Waals surface area (Å²) in [5.74, 6) is -2.63. The monoisotopic (exact) mass is 808 g/mol. The summed E-state index contributed by atoms with van der Waals surface area (Å²) in [7, 11) is 0. The number of hydrogen-bond acceptors (Lipinski definition) is 8. The van der Waals surface area contributed by atoms with Crippen LogP contribution in [0.25, 0.3) is 0 Å². The fourth-order valence-electron chi connectivity index (χ4n) is 4.52. The second-order valence-electron chi connectivity index (χ2n) is 10.6. The fourth-order valence-corrected chi connectivity index (χ4v) is 4.52. The van der Waals surface area contributed by atoms with E-state index in [9.17, 15) is 29.4 Å². The summed E-state index contributed by atoms with van der Waals surface area (Å²) in [6.45, 7) is 8.29. The molecule has 0 radical (unpaired) electrons. The van der Waals surface area contributed by atoms with Crippen molar-refractivity contribution >= 4 is 23.9 Å². The van der Waals surface area contributed by atoms with Gasteiger partial charge in [0, 0.05) is 11.1 Å². The summed E-state index contributed by atoms with van der Waals surface area (Å²) >= 11 is 0. The van der Waals surface area contributed by atoms with Crippen molar-refractivity contribution < 1.29 is 66.5 Å². The van der Waals surface area contributed by atoms with Gasteiger partial charge in [0.15, 0.2) is 0 Å². The van der Waals surface area contributed by atoms with Crippen molar-refractivity contribution in [2.45, 2.75) is 91.9 Å². The van der Waals surface area contributed by atoms with Crippen molar-refractivity contribution in [3.05, 3.63) is 84.0 Å². The first-order chi connectivity index (χ1) is 21.1. The number of hydrogen-bond donors (Lipinski definition) is 0.